The molecule has 0 aromatic carbocycles. The molecule has 3 unspecified atom stereocenters. The average Bonchev–Trinajstić information content (AvgIpc) is 2.64. The Balaban J connectivity index is 2.07. The molecule has 0 bridgehead atoms. The van der Waals surface area contributed by atoms with E-state index in [1.54, 1.807) is 0 Å². The van der Waals surface area contributed by atoms with E-state index >= 15 is 0 Å². The first kappa shape index (κ1) is 12.7. The SMILES string of the molecule is C=CCCCCCC(O)C1CCOC1C. The number of allylic oxidation sites excluding steroid dienone is 1. The molecule has 0 aromatic heterocycles. The van der Waals surface area contributed by atoms with Crippen molar-refractivity contribution in [2.24, 2.45) is 5.92 Å². The van der Waals surface area contributed by atoms with Gasteiger partial charge in [0, 0.05) is 12.5 Å². The predicted octanol–water partition coefficient (Wildman–Crippen LogP) is 2.91. The quantitative estimate of drug-likeness (QED) is 0.519. The molecule has 1 aliphatic heterocycles. The molecule has 15 heavy (non-hydrogen) atoms. The van der Waals surface area contributed by atoms with Crippen molar-refractivity contribution in [1.29, 1.82) is 0 Å². The highest BCUT2D eigenvalue weighted by atomic mass is 16.5. The first-order valence-corrected chi connectivity index (χ1v) is 6.16. The van der Waals surface area contributed by atoms with Gasteiger partial charge in [-0.05, 0) is 32.6 Å². The van der Waals surface area contributed by atoms with Gasteiger partial charge >= 0.3 is 0 Å². The molecular weight excluding hydrogens is 188 g/mol. The summed E-state index contributed by atoms with van der Waals surface area (Å²) in [4.78, 5) is 0. The van der Waals surface area contributed by atoms with Crippen molar-refractivity contribution in [3.8, 4) is 0 Å². The molecule has 1 rings (SSSR count). The smallest absolute Gasteiger partial charge is 0.0600 e. The Kier molecular flexibility index (Phi) is 5.96. The lowest BCUT2D eigenvalue weighted by atomic mass is 9.92. The van der Waals surface area contributed by atoms with Gasteiger partial charge in [-0.2, -0.15) is 0 Å². The maximum Gasteiger partial charge on any atom is 0.0600 e. The van der Waals surface area contributed by atoms with Gasteiger partial charge in [0.2, 0.25) is 0 Å². The number of hydrogen-bond acceptors (Lipinski definition) is 2. The van der Waals surface area contributed by atoms with Gasteiger partial charge < -0.3 is 9.84 Å². The molecule has 0 radical (unpaired) electrons. The van der Waals surface area contributed by atoms with E-state index in [0.29, 0.717) is 5.92 Å². The zero-order valence-corrected chi connectivity index (χ0v) is 9.82. The summed E-state index contributed by atoms with van der Waals surface area (Å²) in [6, 6.07) is 0. The van der Waals surface area contributed by atoms with Crippen molar-refractivity contribution < 1.29 is 9.84 Å². The maximum absolute atomic E-state index is 9.98. The van der Waals surface area contributed by atoms with Crippen molar-refractivity contribution in [2.45, 2.75) is 57.7 Å². The fourth-order valence-electron chi connectivity index (χ4n) is 2.29. The number of hydrogen-bond donors (Lipinski definition) is 1. The molecule has 0 amide bonds. The maximum atomic E-state index is 9.98. The van der Waals surface area contributed by atoms with Crippen molar-refractivity contribution in [2.75, 3.05) is 6.61 Å². The highest BCUT2D eigenvalue weighted by Crippen LogP contribution is 2.26. The van der Waals surface area contributed by atoms with Crippen LogP contribution in [0.1, 0.15) is 45.4 Å². The van der Waals surface area contributed by atoms with Crippen molar-refractivity contribution in [3.63, 3.8) is 0 Å². The molecule has 2 nitrogen and oxygen atoms in total. The second-order valence-corrected chi connectivity index (χ2v) is 4.52. The topological polar surface area (TPSA) is 29.5 Å². The van der Waals surface area contributed by atoms with Crippen LogP contribution in [0, 0.1) is 5.92 Å². The largest absolute Gasteiger partial charge is 0.393 e. The third kappa shape index (κ3) is 4.35. The van der Waals surface area contributed by atoms with Crippen LogP contribution in [0.5, 0.6) is 0 Å². The number of aliphatic hydroxyl groups excluding tert-OH is 1. The van der Waals surface area contributed by atoms with E-state index in [4.69, 9.17) is 4.74 Å². The summed E-state index contributed by atoms with van der Waals surface area (Å²) in [6.07, 6.45) is 8.61. The summed E-state index contributed by atoms with van der Waals surface area (Å²) in [5.41, 5.74) is 0. The Labute approximate surface area is 93.3 Å². The minimum Gasteiger partial charge on any atom is -0.393 e. The average molecular weight is 212 g/mol. The van der Waals surface area contributed by atoms with Crippen LogP contribution in [0.15, 0.2) is 12.7 Å². The molecule has 3 atom stereocenters. The summed E-state index contributed by atoms with van der Waals surface area (Å²) < 4.78 is 5.46. The third-order valence-corrected chi connectivity index (χ3v) is 3.34. The highest BCUT2D eigenvalue weighted by Gasteiger charge is 2.29. The van der Waals surface area contributed by atoms with Gasteiger partial charge in [0.1, 0.15) is 0 Å². The Morgan fingerprint density at radius 3 is 2.87 bits per heavy atom. The molecule has 0 spiro atoms. The van der Waals surface area contributed by atoms with Crippen molar-refractivity contribution in [1.82, 2.24) is 0 Å². The number of rotatable bonds is 7. The van der Waals surface area contributed by atoms with E-state index in [1.807, 2.05) is 6.08 Å². The van der Waals surface area contributed by atoms with E-state index in [2.05, 4.69) is 13.5 Å². The number of unbranched alkanes of at least 4 members (excludes halogenated alkanes) is 3. The fourth-order valence-corrected chi connectivity index (χ4v) is 2.29. The van der Waals surface area contributed by atoms with Gasteiger partial charge in [-0.15, -0.1) is 6.58 Å². The van der Waals surface area contributed by atoms with E-state index in [0.717, 1.165) is 32.3 Å². The highest BCUT2D eigenvalue weighted by molar-refractivity contribution is 4.79. The van der Waals surface area contributed by atoms with Crippen LogP contribution >= 0.6 is 0 Å². The van der Waals surface area contributed by atoms with E-state index in [1.165, 1.54) is 12.8 Å². The first-order chi connectivity index (χ1) is 7.25. The van der Waals surface area contributed by atoms with Crippen LogP contribution in [0.25, 0.3) is 0 Å². The van der Waals surface area contributed by atoms with Gasteiger partial charge in [-0.1, -0.05) is 18.9 Å². The van der Waals surface area contributed by atoms with Crippen LogP contribution in [-0.4, -0.2) is 23.9 Å². The molecule has 1 N–H and O–H groups in total. The predicted molar refractivity (Wildman–Crippen MR) is 62.8 cm³/mol. The molecule has 1 fully saturated rings. The third-order valence-electron chi connectivity index (χ3n) is 3.34. The van der Waals surface area contributed by atoms with Crippen molar-refractivity contribution >= 4 is 0 Å². The molecule has 1 heterocycles. The number of aliphatic hydroxyl groups is 1. The molecular formula is C13H24O2. The Morgan fingerprint density at radius 1 is 1.47 bits per heavy atom. The minimum absolute atomic E-state index is 0.161. The van der Waals surface area contributed by atoms with Crippen molar-refractivity contribution in [3.05, 3.63) is 12.7 Å². The van der Waals surface area contributed by atoms with Crippen LogP contribution in [-0.2, 0) is 4.74 Å². The Bertz CT molecular complexity index is 179. The lowest BCUT2D eigenvalue weighted by Crippen LogP contribution is -2.26. The summed E-state index contributed by atoms with van der Waals surface area (Å²) in [6.45, 7) is 6.59. The molecule has 0 saturated carbocycles. The fraction of sp³-hybridized carbons (Fsp3) is 0.846. The van der Waals surface area contributed by atoms with Crippen LogP contribution < -0.4 is 0 Å². The van der Waals surface area contributed by atoms with Gasteiger partial charge in [-0.25, -0.2) is 0 Å². The van der Waals surface area contributed by atoms with E-state index < -0.39 is 0 Å². The second kappa shape index (κ2) is 7.02. The van der Waals surface area contributed by atoms with Crippen LogP contribution in [0.2, 0.25) is 0 Å². The minimum atomic E-state index is -0.161. The second-order valence-electron chi connectivity index (χ2n) is 4.52. The van der Waals surface area contributed by atoms with Gasteiger partial charge in [0.15, 0.2) is 0 Å². The zero-order valence-electron chi connectivity index (χ0n) is 9.82. The molecule has 0 aromatic rings. The normalized spacial score (nSPS) is 27.9. The lowest BCUT2D eigenvalue weighted by Gasteiger charge is -2.20. The lowest BCUT2D eigenvalue weighted by molar-refractivity contribution is 0.0384. The summed E-state index contributed by atoms with van der Waals surface area (Å²) >= 11 is 0. The molecule has 0 aliphatic carbocycles. The summed E-state index contributed by atoms with van der Waals surface area (Å²) in [5, 5.41) is 9.98. The van der Waals surface area contributed by atoms with Gasteiger partial charge in [0.05, 0.1) is 12.2 Å². The zero-order chi connectivity index (χ0) is 11.1. The molecule has 2 heteroatoms. The van der Waals surface area contributed by atoms with Gasteiger partial charge in [0.25, 0.3) is 0 Å². The van der Waals surface area contributed by atoms with Gasteiger partial charge in [-0.3, -0.25) is 0 Å². The Hall–Kier alpha value is -0.340. The van der Waals surface area contributed by atoms with E-state index in [9.17, 15) is 5.11 Å². The standard InChI is InChI=1S/C13H24O2/c1-3-4-5-6-7-8-13(14)12-9-10-15-11(12)2/h3,11-14H,1,4-10H2,2H3. The first-order valence-electron chi connectivity index (χ1n) is 6.16. The molecule has 88 valence electrons. The molecule has 1 aliphatic rings. The molecule has 1 saturated heterocycles. The monoisotopic (exact) mass is 212 g/mol. The number of ether oxygens (including phenoxy) is 1. The van der Waals surface area contributed by atoms with Crippen LogP contribution in [0.3, 0.4) is 0 Å². The Morgan fingerprint density at radius 2 is 2.27 bits per heavy atom. The van der Waals surface area contributed by atoms with Crippen LogP contribution in [0.4, 0.5) is 0 Å². The summed E-state index contributed by atoms with van der Waals surface area (Å²) in [5.74, 6) is 0.365. The summed E-state index contributed by atoms with van der Waals surface area (Å²) in [7, 11) is 0. The van der Waals surface area contributed by atoms with E-state index in [-0.39, 0.29) is 12.2 Å².